The van der Waals surface area contributed by atoms with E-state index in [2.05, 4.69) is 61.3 Å². The number of hydrogen-bond donors (Lipinski definition) is 1. The van der Waals surface area contributed by atoms with E-state index in [4.69, 9.17) is 4.74 Å². The van der Waals surface area contributed by atoms with Crippen LogP contribution >= 0.6 is 0 Å². The van der Waals surface area contributed by atoms with Crippen molar-refractivity contribution in [1.82, 2.24) is 5.43 Å². The number of methoxy groups -OCH3 is 1. The fourth-order valence-electron chi connectivity index (χ4n) is 3.81. The molecule has 1 heterocycles. The lowest BCUT2D eigenvalue weighted by molar-refractivity contribution is 0.0955. The summed E-state index contributed by atoms with van der Waals surface area (Å²) in [4.78, 5) is 14.7. The summed E-state index contributed by atoms with van der Waals surface area (Å²) in [5, 5.41) is 4.13. The second-order valence-corrected chi connectivity index (χ2v) is 7.84. The van der Waals surface area contributed by atoms with Gasteiger partial charge in [0, 0.05) is 23.4 Å². The first-order valence-corrected chi connectivity index (χ1v) is 9.94. The molecule has 0 bridgehead atoms. The van der Waals surface area contributed by atoms with Crippen molar-refractivity contribution in [2.45, 2.75) is 39.7 Å². The van der Waals surface area contributed by atoms with Crippen LogP contribution in [0.25, 0.3) is 5.57 Å². The molecule has 0 radical (unpaired) electrons. The Morgan fingerprint density at radius 1 is 1.24 bits per heavy atom. The van der Waals surface area contributed by atoms with Gasteiger partial charge in [-0.15, -0.1) is 0 Å². The molecule has 2 aromatic rings. The summed E-state index contributed by atoms with van der Waals surface area (Å²) in [6.07, 6.45) is 5.08. The molecule has 0 atom stereocenters. The third-order valence-corrected chi connectivity index (χ3v) is 5.16. The van der Waals surface area contributed by atoms with Crippen LogP contribution in [-0.4, -0.2) is 31.3 Å². The number of carbonyl (C=O) groups excluding carboxylic acids is 1. The molecule has 0 aliphatic carbocycles. The van der Waals surface area contributed by atoms with E-state index in [0.29, 0.717) is 11.3 Å². The predicted molar refractivity (Wildman–Crippen MR) is 120 cm³/mol. The Hall–Kier alpha value is -3.08. The highest BCUT2D eigenvalue weighted by Gasteiger charge is 2.30. The predicted octanol–water partition coefficient (Wildman–Crippen LogP) is 4.87. The molecular weight excluding hydrogens is 362 g/mol. The highest BCUT2D eigenvalue weighted by molar-refractivity contribution is 5.95. The number of benzene rings is 2. The zero-order chi connectivity index (χ0) is 21.0. The van der Waals surface area contributed by atoms with Gasteiger partial charge in [-0.25, -0.2) is 5.43 Å². The highest BCUT2D eigenvalue weighted by atomic mass is 16.5. The number of nitrogens with one attached hydrogen (secondary N) is 1. The summed E-state index contributed by atoms with van der Waals surface area (Å²) in [5.41, 5.74) is 7.73. The Labute approximate surface area is 173 Å². The molecule has 5 heteroatoms. The van der Waals surface area contributed by atoms with Crippen LogP contribution in [0, 0.1) is 0 Å². The second kappa shape index (κ2) is 8.52. The van der Waals surface area contributed by atoms with Gasteiger partial charge in [-0.1, -0.05) is 25.1 Å². The Morgan fingerprint density at radius 3 is 2.76 bits per heavy atom. The molecule has 1 amide bonds. The Morgan fingerprint density at radius 2 is 2.03 bits per heavy atom. The topological polar surface area (TPSA) is 53.9 Å². The maximum Gasteiger partial charge on any atom is 0.271 e. The average Bonchev–Trinajstić information content (AvgIpc) is 2.71. The molecule has 0 saturated heterocycles. The third-order valence-electron chi connectivity index (χ3n) is 5.16. The molecule has 5 nitrogen and oxygen atoms in total. The highest BCUT2D eigenvalue weighted by Crippen LogP contribution is 2.39. The van der Waals surface area contributed by atoms with E-state index in [1.54, 1.807) is 37.6 Å². The SMILES string of the molecule is CCCN1c2ccc(/C=N\NC(=O)c3cccc(OC)c3)cc2C(C)=CC1(C)C. The van der Waals surface area contributed by atoms with Crippen LogP contribution in [0.15, 0.2) is 53.6 Å². The number of carbonyl (C=O) groups is 1. The molecule has 1 N–H and O–H groups in total. The number of hydrogen-bond acceptors (Lipinski definition) is 4. The standard InChI is InChI=1S/C24H29N3O2/c1-6-12-27-22-11-10-18(13-21(22)17(2)15-24(27,3)4)16-25-26-23(28)19-8-7-9-20(14-19)29-5/h7-11,13-16H,6,12H2,1-5H3,(H,26,28)/b25-16-. The fourth-order valence-corrected chi connectivity index (χ4v) is 3.81. The van der Waals surface area contributed by atoms with Gasteiger partial charge < -0.3 is 9.64 Å². The summed E-state index contributed by atoms with van der Waals surface area (Å²) in [6.45, 7) is 9.85. The van der Waals surface area contributed by atoms with Gasteiger partial charge >= 0.3 is 0 Å². The van der Waals surface area contributed by atoms with Crippen molar-refractivity contribution in [2.24, 2.45) is 5.10 Å². The second-order valence-electron chi connectivity index (χ2n) is 7.84. The van der Waals surface area contributed by atoms with Gasteiger partial charge in [-0.05, 0) is 68.7 Å². The number of amides is 1. The number of nitrogens with zero attached hydrogens (tertiary/aromatic N) is 2. The molecule has 29 heavy (non-hydrogen) atoms. The summed E-state index contributed by atoms with van der Waals surface area (Å²) >= 11 is 0. The minimum Gasteiger partial charge on any atom is -0.497 e. The zero-order valence-corrected chi connectivity index (χ0v) is 17.8. The van der Waals surface area contributed by atoms with E-state index in [0.717, 1.165) is 18.5 Å². The zero-order valence-electron chi connectivity index (χ0n) is 17.8. The molecule has 0 aromatic heterocycles. The van der Waals surface area contributed by atoms with Crippen LogP contribution in [-0.2, 0) is 0 Å². The lowest BCUT2D eigenvalue weighted by Gasteiger charge is -2.43. The van der Waals surface area contributed by atoms with Crippen molar-refractivity contribution in [1.29, 1.82) is 0 Å². The lowest BCUT2D eigenvalue weighted by atomic mass is 9.88. The van der Waals surface area contributed by atoms with Crippen LogP contribution < -0.4 is 15.1 Å². The van der Waals surface area contributed by atoms with E-state index in [-0.39, 0.29) is 11.4 Å². The number of rotatable bonds is 6. The maximum atomic E-state index is 12.3. The van der Waals surface area contributed by atoms with Gasteiger partial charge in [0.2, 0.25) is 0 Å². The first-order valence-electron chi connectivity index (χ1n) is 9.94. The number of hydrazone groups is 1. The van der Waals surface area contributed by atoms with Gasteiger partial charge in [0.05, 0.1) is 18.9 Å². The fraction of sp³-hybridized carbons (Fsp3) is 0.333. The van der Waals surface area contributed by atoms with Gasteiger partial charge in [-0.2, -0.15) is 5.10 Å². The molecule has 0 saturated carbocycles. The summed E-state index contributed by atoms with van der Waals surface area (Å²) < 4.78 is 5.15. The van der Waals surface area contributed by atoms with Crippen LogP contribution in [0.1, 0.15) is 55.6 Å². The van der Waals surface area contributed by atoms with Crippen molar-refractivity contribution in [3.8, 4) is 5.75 Å². The van der Waals surface area contributed by atoms with Gasteiger partial charge in [0.25, 0.3) is 5.91 Å². The Bertz CT molecular complexity index is 960. The smallest absolute Gasteiger partial charge is 0.271 e. The van der Waals surface area contributed by atoms with Crippen molar-refractivity contribution >= 4 is 23.4 Å². The third kappa shape index (κ3) is 4.50. The van der Waals surface area contributed by atoms with Gasteiger partial charge in [0.15, 0.2) is 0 Å². The summed E-state index contributed by atoms with van der Waals surface area (Å²) in [5.74, 6) is 0.364. The van der Waals surface area contributed by atoms with Crippen LogP contribution in [0.5, 0.6) is 5.75 Å². The van der Waals surface area contributed by atoms with E-state index >= 15 is 0 Å². The molecule has 1 aliphatic heterocycles. The molecule has 152 valence electrons. The molecule has 3 rings (SSSR count). The summed E-state index contributed by atoms with van der Waals surface area (Å²) in [7, 11) is 1.57. The minimum atomic E-state index is -0.273. The number of fused-ring (bicyclic) bond motifs is 1. The normalized spacial score (nSPS) is 15.1. The van der Waals surface area contributed by atoms with E-state index in [1.807, 2.05) is 6.07 Å². The quantitative estimate of drug-likeness (QED) is 0.564. The van der Waals surface area contributed by atoms with Gasteiger partial charge in [0.1, 0.15) is 5.75 Å². The largest absolute Gasteiger partial charge is 0.497 e. The van der Waals surface area contributed by atoms with Crippen LogP contribution in [0.3, 0.4) is 0 Å². The molecule has 0 fully saturated rings. The Kier molecular flexibility index (Phi) is 6.06. The maximum absolute atomic E-state index is 12.3. The lowest BCUT2D eigenvalue weighted by Crippen LogP contribution is -2.45. The van der Waals surface area contributed by atoms with E-state index in [9.17, 15) is 4.79 Å². The van der Waals surface area contributed by atoms with E-state index < -0.39 is 0 Å². The number of ether oxygens (including phenoxy) is 1. The van der Waals surface area contributed by atoms with Gasteiger partial charge in [-0.3, -0.25) is 4.79 Å². The monoisotopic (exact) mass is 391 g/mol. The molecule has 1 aliphatic rings. The minimum absolute atomic E-state index is 0.00653. The van der Waals surface area contributed by atoms with E-state index in [1.165, 1.54) is 16.8 Å². The first-order chi connectivity index (χ1) is 13.9. The number of anilines is 1. The molecule has 2 aromatic carbocycles. The number of allylic oxidation sites excluding steroid dienone is 1. The summed E-state index contributed by atoms with van der Waals surface area (Å²) in [6, 6.07) is 13.3. The molecule has 0 spiro atoms. The van der Waals surface area contributed by atoms with Crippen molar-refractivity contribution in [2.75, 3.05) is 18.6 Å². The van der Waals surface area contributed by atoms with Crippen molar-refractivity contribution in [3.05, 3.63) is 65.2 Å². The molecule has 0 unspecified atom stereocenters. The molecular formula is C24H29N3O2. The Balaban J connectivity index is 1.77. The van der Waals surface area contributed by atoms with Crippen LogP contribution in [0.4, 0.5) is 5.69 Å². The average molecular weight is 392 g/mol. The van der Waals surface area contributed by atoms with Crippen molar-refractivity contribution < 1.29 is 9.53 Å². The first kappa shape index (κ1) is 20.6. The van der Waals surface area contributed by atoms with Crippen molar-refractivity contribution in [3.63, 3.8) is 0 Å². The van der Waals surface area contributed by atoms with Crippen LogP contribution in [0.2, 0.25) is 0 Å².